The van der Waals surface area contributed by atoms with Gasteiger partial charge in [-0.25, -0.2) is 9.98 Å². The van der Waals surface area contributed by atoms with Crippen LogP contribution in [0.2, 0.25) is 0 Å². The van der Waals surface area contributed by atoms with Gasteiger partial charge in [0.15, 0.2) is 17.3 Å². The molecule has 0 radical (unpaired) electrons. The van der Waals surface area contributed by atoms with Gasteiger partial charge in [0, 0.05) is 24.0 Å². The minimum atomic E-state index is 0.211. The molecule has 0 amide bonds. The lowest BCUT2D eigenvalue weighted by Gasteiger charge is -2.11. The number of hydrogen-bond acceptors (Lipinski definition) is 8. The van der Waals surface area contributed by atoms with Gasteiger partial charge < -0.3 is 30.0 Å². The number of nitrogens with two attached hydrogens (primary N) is 1. The SMILES string of the molecule is COc1ccc(N=CN/N=C(\N)c2cccnc2Nc2ccc3c(c2)OCO3)c(OC)c1. The number of ether oxygens (including phenoxy) is 4. The summed E-state index contributed by atoms with van der Waals surface area (Å²) in [4.78, 5) is 8.67. The van der Waals surface area contributed by atoms with E-state index in [4.69, 9.17) is 24.7 Å². The molecule has 0 aliphatic carbocycles. The molecule has 0 unspecified atom stereocenters. The van der Waals surface area contributed by atoms with Crippen LogP contribution in [-0.4, -0.2) is 38.2 Å². The van der Waals surface area contributed by atoms with Crippen molar-refractivity contribution in [3.05, 3.63) is 60.3 Å². The second kappa shape index (κ2) is 9.56. The number of aliphatic imine (C=N–C) groups is 1. The number of anilines is 2. The van der Waals surface area contributed by atoms with Crippen LogP contribution in [0.1, 0.15) is 5.56 Å². The molecule has 0 atom stereocenters. The fourth-order valence-electron chi connectivity index (χ4n) is 2.97. The Bertz CT molecular complexity index is 1160. The van der Waals surface area contributed by atoms with Gasteiger partial charge in [-0.2, -0.15) is 5.10 Å². The molecule has 2 aromatic carbocycles. The summed E-state index contributed by atoms with van der Waals surface area (Å²) in [5.41, 5.74) is 10.9. The van der Waals surface area contributed by atoms with E-state index < -0.39 is 0 Å². The summed E-state index contributed by atoms with van der Waals surface area (Å²) in [6.07, 6.45) is 3.08. The summed E-state index contributed by atoms with van der Waals surface area (Å²) < 4.78 is 21.3. The summed E-state index contributed by atoms with van der Waals surface area (Å²) in [6, 6.07) is 14.4. The van der Waals surface area contributed by atoms with E-state index in [0.717, 1.165) is 5.69 Å². The zero-order chi connectivity index (χ0) is 22.3. The fraction of sp³-hybridized carbons (Fsp3) is 0.136. The molecule has 2 heterocycles. The van der Waals surface area contributed by atoms with E-state index in [1.165, 1.54) is 6.34 Å². The lowest BCUT2D eigenvalue weighted by Crippen LogP contribution is -2.20. The molecular formula is C22H22N6O4. The first-order valence-electron chi connectivity index (χ1n) is 9.63. The number of hydrogen-bond donors (Lipinski definition) is 3. The van der Waals surface area contributed by atoms with Crippen molar-refractivity contribution in [2.75, 3.05) is 26.3 Å². The van der Waals surface area contributed by atoms with Gasteiger partial charge in [0.2, 0.25) is 6.79 Å². The number of pyridine rings is 1. The topological polar surface area (TPSA) is 125 Å². The Morgan fingerprint density at radius 1 is 1.09 bits per heavy atom. The molecule has 4 N–H and O–H groups in total. The third-order valence-corrected chi connectivity index (χ3v) is 4.55. The lowest BCUT2D eigenvalue weighted by molar-refractivity contribution is 0.174. The Kier molecular flexibility index (Phi) is 6.21. The van der Waals surface area contributed by atoms with Gasteiger partial charge in [-0.05, 0) is 36.4 Å². The number of fused-ring (bicyclic) bond motifs is 1. The van der Waals surface area contributed by atoms with Crippen molar-refractivity contribution in [3.8, 4) is 23.0 Å². The number of rotatable bonds is 8. The van der Waals surface area contributed by atoms with Crippen LogP contribution in [0.5, 0.6) is 23.0 Å². The molecule has 32 heavy (non-hydrogen) atoms. The Hall–Kier alpha value is -4.47. The molecule has 10 nitrogen and oxygen atoms in total. The molecule has 4 rings (SSSR count). The van der Waals surface area contributed by atoms with E-state index in [2.05, 4.69) is 25.8 Å². The van der Waals surface area contributed by atoms with Crippen molar-refractivity contribution in [2.24, 2.45) is 15.8 Å². The Balaban J connectivity index is 1.47. The van der Waals surface area contributed by atoms with E-state index in [-0.39, 0.29) is 12.6 Å². The molecule has 0 fully saturated rings. The second-order valence-electron chi connectivity index (χ2n) is 6.51. The van der Waals surface area contributed by atoms with Crippen molar-refractivity contribution < 1.29 is 18.9 Å². The van der Waals surface area contributed by atoms with E-state index in [1.807, 2.05) is 24.3 Å². The maximum atomic E-state index is 6.17. The molecule has 0 saturated carbocycles. The fourth-order valence-corrected chi connectivity index (χ4v) is 2.97. The van der Waals surface area contributed by atoms with Crippen LogP contribution >= 0.6 is 0 Å². The number of nitrogens with zero attached hydrogens (tertiary/aromatic N) is 3. The molecule has 0 bridgehead atoms. The van der Waals surface area contributed by atoms with Crippen molar-refractivity contribution in [2.45, 2.75) is 0 Å². The summed E-state index contributed by atoms with van der Waals surface area (Å²) in [7, 11) is 3.15. The lowest BCUT2D eigenvalue weighted by atomic mass is 10.2. The highest BCUT2D eigenvalue weighted by atomic mass is 16.7. The molecule has 1 aromatic heterocycles. The van der Waals surface area contributed by atoms with Gasteiger partial charge >= 0.3 is 0 Å². The molecule has 164 valence electrons. The van der Waals surface area contributed by atoms with Gasteiger partial charge in [-0.3, -0.25) is 5.43 Å². The second-order valence-corrected chi connectivity index (χ2v) is 6.51. The van der Waals surface area contributed by atoms with Crippen LogP contribution in [0.3, 0.4) is 0 Å². The number of amidine groups is 1. The Morgan fingerprint density at radius 3 is 2.81 bits per heavy atom. The minimum Gasteiger partial charge on any atom is -0.497 e. The maximum Gasteiger partial charge on any atom is 0.231 e. The maximum absolute atomic E-state index is 6.17. The molecule has 0 saturated heterocycles. The van der Waals surface area contributed by atoms with Crippen LogP contribution in [0.15, 0.2) is 64.8 Å². The van der Waals surface area contributed by atoms with Crippen molar-refractivity contribution in [1.82, 2.24) is 10.4 Å². The number of benzene rings is 2. The summed E-state index contributed by atoms with van der Waals surface area (Å²) in [5.74, 6) is 3.39. The highest BCUT2D eigenvalue weighted by Crippen LogP contribution is 2.35. The van der Waals surface area contributed by atoms with Crippen molar-refractivity contribution >= 4 is 29.4 Å². The van der Waals surface area contributed by atoms with Crippen LogP contribution in [0.25, 0.3) is 0 Å². The highest BCUT2D eigenvalue weighted by Gasteiger charge is 2.14. The summed E-state index contributed by atoms with van der Waals surface area (Å²) >= 11 is 0. The third-order valence-electron chi connectivity index (χ3n) is 4.55. The largest absolute Gasteiger partial charge is 0.497 e. The summed E-state index contributed by atoms with van der Waals surface area (Å²) in [6.45, 7) is 0.211. The first-order valence-corrected chi connectivity index (χ1v) is 9.63. The molecule has 0 spiro atoms. The van der Waals surface area contributed by atoms with Crippen LogP contribution in [-0.2, 0) is 0 Å². The van der Waals surface area contributed by atoms with Crippen molar-refractivity contribution in [1.29, 1.82) is 0 Å². The zero-order valence-electron chi connectivity index (χ0n) is 17.5. The molecule has 10 heteroatoms. The average molecular weight is 434 g/mol. The third kappa shape index (κ3) is 4.64. The normalized spacial score (nSPS) is 12.6. The standard InChI is InChI=1S/C22H22N6O4/c1-29-15-6-7-17(19(11-15)30-2)25-12-26-28-21(23)16-4-3-9-24-22(16)27-14-5-8-18-20(10-14)32-13-31-18/h3-12H,13H2,1-2H3,(H2,23,28)(H,24,27)(H,25,26). The van der Waals surface area contributed by atoms with Gasteiger partial charge in [0.25, 0.3) is 0 Å². The quantitative estimate of drug-likeness (QED) is 0.281. The predicted octanol–water partition coefficient (Wildman–Crippen LogP) is 3.14. The van der Waals surface area contributed by atoms with Crippen molar-refractivity contribution in [3.63, 3.8) is 0 Å². The minimum absolute atomic E-state index is 0.211. The van der Waals surface area contributed by atoms with E-state index in [1.54, 1.807) is 44.7 Å². The number of aromatic nitrogens is 1. The highest BCUT2D eigenvalue weighted by molar-refractivity contribution is 6.02. The zero-order valence-corrected chi connectivity index (χ0v) is 17.5. The first kappa shape index (κ1) is 20.8. The Morgan fingerprint density at radius 2 is 1.97 bits per heavy atom. The number of hydrazone groups is 1. The van der Waals surface area contributed by atoms with Gasteiger partial charge in [0.1, 0.15) is 29.3 Å². The summed E-state index contributed by atoms with van der Waals surface area (Å²) in [5, 5.41) is 7.39. The van der Waals surface area contributed by atoms with Gasteiger partial charge in [-0.1, -0.05) is 0 Å². The average Bonchev–Trinajstić information content (AvgIpc) is 3.30. The van der Waals surface area contributed by atoms with E-state index in [0.29, 0.717) is 40.1 Å². The Labute approximate surface area is 184 Å². The molecule has 1 aliphatic rings. The van der Waals surface area contributed by atoms with E-state index >= 15 is 0 Å². The van der Waals surface area contributed by atoms with Gasteiger partial charge in [0.05, 0.1) is 19.8 Å². The number of nitrogens with one attached hydrogen (secondary N) is 2. The first-order chi connectivity index (χ1) is 15.7. The van der Waals surface area contributed by atoms with Crippen LogP contribution < -0.4 is 35.4 Å². The van der Waals surface area contributed by atoms with Crippen LogP contribution in [0, 0.1) is 0 Å². The van der Waals surface area contributed by atoms with Crippen LogP contribution in [0.4, 0.5) is 17.2 Å². The van der Waals surface area contributed by atoms with E-state index in [9.17, 15) is 0 Å². The van der Waals surface area contributed by atoms with Gasteiger partial charge in [-0.15, -0.1) is 0 Å². The molecule has 3 aromatic rings. The molecular weight excluding hydrogens is 412 g/mol. The monoisotopic (exact) mass is 434 g/mol. The molecule has 1 aliphatic heterocycles. The number of methoxy groups -OCH3 is 2. The predicted molar refractivity (Wildman–Crippen MR) is 122 cm³/mol. The smallest absolute Gasteiger partial charge is 0.231 e.